The lowest BCUT2D eigenvalue weighted by Gasteiger charge is -2.08. The number of nitrogens with zero attached hydrogens (tertiary/aromatic N) is 1. The number of carbonyl (C=O) groups excluding carboxylic acids is 2. The zero-order valence-corrected chi connectivity index (χ0v) is 13.6. The Labute approximate surface area is 136 Å². The van der Waals surface area contributed by atoms with Crippen LogP contribution in [0.3, 0.4) is 0 Å². The largest absolute Gasteiger partial charge is 0.462 e. The molecular weight excluding hydrogens is 294 g/mol. The van der Waals surface area contributed by atoms with Crippen molar-refractivity contribution < 1.29 is 14.3 Å². The zero-order valence-electron chi connectivity index (χ0n) is 13.6. The summed E-state index contributed by atoms with van der Waals surface area (Å²) in [4.78, 5) is 23.2. The maximum absolute atomic E-state index is 11.7. The highest BCUT2D eigenvalue weighted by Gasteiger charge is 2.09. The van der Waals surface area contributed by atoms with E-state index in [-0.39, 0.29) is 17.6 Å². The molecule has 0 radical (unpaired) electrons. The van der Waals surface area contributed by atoms with Crippen molar-refractivity contribution in [1.29, 1.82) is 5.26 Å². The van der Waals surface area contributed by atoms with Crippen molar-refractivity contribution in [1.82, 2.24) is 10.6 Å². The minimum Gasteiger partial charge on any atom is -0.462 e. The lowest BCUT2D eigenvalue weighted by molar-refractivity contribution is -0.117. The van der Waals surface area contributed by atoms with Gasteiger partial charge < -0.3 is 15.4 Å². The van der Waals surface area contributed by atoms with Crippen molar-refractivity contribution in [3.05, 3.63) is 47.2 Å². The van der Waals surface area contributed by atoms with Gasteiger partial charge in [0.15, 0.2) is 0 Å². The van der Waals surface area contributed by atoms with Crippen molar-refractivity contribution in [2.45, 2.75) is 33.4 Å². The Morgan fingerprint density at radius 2 is 1.96 bits per heavy atom. The van der Waals surface area contributed by atoms with Crippen LogP contribution >= 0.6 is 0 Å². The number of hydrogen-bond acceptors (Lipinski definition) is 5. The number of nitrogens with one attached hydrogen (secondary N) is 2. The summed E-state index contributed by atoms with van der Waals surface area (Å²) in [5.41, 5.74) is 1.41. The van der Waals surface area contributed by atoms with Crippen LogP contribution in [0.2, 0.25) is 0 Å². The van der Waals surface area contributed by atoms with Gasteiger partial charge in [-0.25, -0.2) is 4.79 Å². The van der Waals surface area contributed by atoms with E-state index in [0.717, 1.165) is 5.56 Å². The Kier molecular flexibility index (Phi) is 7.34. The van der Waals surface area contributed by atoms with Gasteiger partial charge in [0, 0.05) is 18.8 Å². The maximum Gasteiger partial charge on any atom is 0.338 e. The summed E-state index contributed by atoms with van der Waals surface area (Å²) in [6.07, 6.45) is 1.39. The number of carbonyl (C=O) groups is 2. The van der Waals surface area contributed by atoms with Gasteiger partial charge in [-0.05, 0) is 38.5 Å². The van der Waals surface area contributed by atoms with Crippen LogP contribution in [0, 0.1) is 11.3 Å². The van der Waals surface area contributed by atoms with E-state index in [2.05, 4.69) is 10.6 Å². The molecule has 0 aliphatic rings. The van der Waals surface area contributed by atoms with Crippen LogP contribution in [0.5, 0.6) is 0 Å². The summed E-state index contributed by atoms with van der Waals surface area (Å²) in [6, 6.07) is 8.75. The molecule has 0 fully saturated rings. The summed E-state index contributed by atoms with van der Waals surface area (Å²) in [5.74, 6) is -0.767. The first-order chi connectivity index (χ1) is 11.0. The molecular formula is C17H21N3O3. The Morgan fingerprint density at radius 3 is 2.48 bits per heavy atom. The van der Waals surface area contributed by atoms with Gasteiger partial charge in [0.25, 0.3) is 5.91 Å². The Hall–Kier alpha value is -2.81. The molecule has 0 aliphatic carbocycles. The summed E-state index contributed by atoms with van der Waals surface area (Å²) >= 11 is 0. The third kappa shape index (κ3) is 6.22. The van der Waals surface area contributed by atoms with Gasteiger partial charge in [0.05, 0.1) is 12.2 Å². The molecule has 6 heteroatoms. The molecule has 0 bridgehead atoms. The van der Waals surface area contributed by atoms with Gasteiger partial charge >= 0.3 is 5.97 Å². The number of amides is 1. The summed E-state index contributed by atoms with van der Waals surface area (Å²) in [6.45, 7) is 6.17. The van der Waals surface area contributed by atoms with Crippen molar-refractivity contribution in [2.24, 2.45) is 0 Å². The first-order valence-corrected chi connectivity index (χ1v) is 7.38. The lowest BCUT2D eigenvalue weighted by Crippen LogP contribution is -2.31. The molecule has 23 heavy (non-hydrogen) atoms. The molecule has 0 atom stereocenters. The van der Waals surface area contributed by atoms with Gasteiger partial charge in [-0.15, -0.1) is 0 Å². The van der Waals surface area contributed by atoms with Crippen LogP contribution in [0.25, 0.3) is 0 Å². The minimum absolute atomic E-state index is 0.0156. The Balaban J connectivity index is 2.60. The van der Waals surface area contributed by atoms with Gasteiger partial charge in [-0.1, -0.05) is 12.1 Å². The molecule has 6 nitrogen and oxygen atoms in total. The fourth-order valence-corrected chi connectivity index (χ4v) is 1.73. The summed E-state index contributed by atoms with van der Waals surface area (Å²) < 4.78 is 4.91. The van der Waals surface area contributed by atoms with Crippen molar-refractivity contribution >= 4 is 11.9 Å². The van der Waals surface area contributed by atoms with Crippen LogP contribution in [-0.4, -0.2) is 24.5 Å². The number of esters is 1. The SMILES string of the molecule is CCOC(=O)c1ccc(CN/C=C(/C#N)C(=O)NC(C)C)cc1. The Morgan fingerprint density at radius 1 is 1.30 bits per heavy atom. The fraction of sp³-hybridized carbons (Fsp3) is 0.353. The smallest absolute Gasteiger partial charge is 0.338 e. The topological polar surface area (TPSA) is 91.2 Å². The minimum atomic E-state index is -0.410. The summed E-state index contributed by atoms with van der Waals surface area (Å²) in [5, 5.41) is 14.6. The highest BCUT2D eigenvalue weighted by atomic mass is 16.5. The van der Waals surface area contributed by atoms with Gasteiger partial charge in [0.1, 0.15) is 11.6 Å². The predicted molar refractivity (Wildman–Crippen MR) is 86.2 cm³/mol. The van der Waals surface area contributed by atoms with Crippen LogP contribution in [0.15, 0.2) is 36.0 Å². The number of rotatable bonds is 7. The van der Waals surface area contributed by atoms with E-state index in [4.69, 9.17) is 10.00 Å². The van der Waals surface area contributed by atoms with Crippen LogP contribution in [0.1, 0.15) is 36.7 Å². The van der Waals surface area contributed by atoms with E-state index in [1.54, 1.807) is 31.2 Å². The third-order valence-electron chi connectivity index (χ3n) is 2.80. The standard InChI is InChI=1S/C17H21N3O3/c1-4-23-17(22)14-7-5-13(6-8-14)10-19-11-15(9-18)16(21)20-12(2)3/h5-8,11-12,19H,4,10H2,1-3H3,(H,20,21)/b15-11-. The van der Waals surface area contributed by atoms with E-state index in [0.29, 0.717) is 18.7 Å². The molecule has 122 valence electrons. The van der Waals surface area contributed by atoms with E-state index in [9.17, 15) is 9.59 Å². The number of ether oxygens (including phenoxy) is 1. The molecule has 1 aromatic carbocycles. The molecule has 1 amide bonds. The van der Waals surface area contributed by atoms with Gasteiger partial charge in [0.2, 0.25) is 0 Å². The van der Waals surface area contributed by atoms with Gasteiger partial charge in [-0.3, -0.25) is 4.79 Å². The van der Waals surface area contributed by atoms with Crippen molar-refractivity contribution in [3.8, 4) is 6.07 Å². The first kappa shape index (κ1) is 18.2. The molecule has 0 heterocycles. The number of hydrogen-bond donors (Lipinski definition) is 2. The molecule has 1 aromatic rings. The predicted octanol–water partition coefficient (Wildman–Crippen LogP) is 1.88. The second-order valence-electron chi connectivity index (χ2n) is 5.10. The molecule has 0 spiro atoms. The lowest BCUT2D eigenvalue weighted by atomic mass is 10.1. The molecule has 0 saturated carbocycles. The van der Waals surface area contributed by atoms with E-state index in [1.807, 2.05) is 19.9 Å². The average molecular weight is 315 g/mol. The molecule has 0 saturated heterocycles. The number of nitriles is 1. The first-order valence-electron chi connectivity index (χ1n) is 7.38. The zero-order chi connectivity index (χ0) is 17.2. The molecule has 0 aliphatic heterocycles. The van der Waals surface area contributed by atoms with E-state index in [1.165, 1.54) is 6.20 Å². The van der Waals surface area contributed by atoms with E-state index < -0.39 is 5.91 Å². The second-order valence-corrected chi connectivity index (χ2v) is 5.10. The van der Waals surface area contributed by atoms with Crippen LogP contribution in [0.4, 0.5) is 0 Å². The third-order valence-corrected chi connectivity index (χ3v) is 2.80. The maximum atomic E-state index is 11.7. The molecule has 1 rings (SSSR count). The quantitative estimate of drug-likeness (QED) is 0.455. The molecule has 0 aromatic heterocycles. The fourth-order valence-electron chi connectivity index (χ4n) is 1.73. The summed E-state index contributed by atoms with van der Waals surface area (Å²) in [7, 11) is 0. The van der Waals surface area contributed by atoms with Crippen molar-refractivity contribution in [2.75, 3.05) is 6.61 Å². The van der Waals surface area contributed by atoms with E-state index >= 15 is 0 Å². The highest BCUT2D eigenvalue weighted by Crippen LogP contribution is 2.06. The molecule has 0 unspecified atom stereocenters. The monoisotopic (exact) mass is 315 g/mol. The van der Waals surface area contributed by atoms with Crippen LogP contribution in [-0.2, 0) is 16.1 Å². The van der Waals surface area contributed by atoms with Gasteiger partial charge in [-0.2, -0.15) is 5.26 Å². The van der Waals surface area contributed by atoms with Crippen molar-refractivity contribution in [3.63, 3.8) is 0 Å². The van der Waals surface area contributed by atoms with Crippen LogP contribution < -0.4 is 10.6 Å². The highest BCUT2D eigenvalue weighted by molar-refractivity contribution is 5.97. The average Bonchev–Trinajstić information content (AvgIpc) is 2.51. The molecule has 2 N–H and O–H groups in total. The Bertz CT molecular complexity index is 613. The second kappa shape index (κ2) is 9.26. The normalized spacial score (nSPS) is 10.8. The number of benzene rings is 1.